The van der Waals surface area contributed by atoms with Crippen LogP contribution in [0.2, 0.25) is 0 Å². The van der Waals surface area contributed by atoms with Crippen LogP contribution < -0.4 is 5.73 Å². The Morgan fingerprint density at radius 3 is 3.14 bits per heavy atom. The number of rotatable bonds is 3. The molecule has 0 aromatic carbocycles. The first-order valence-corrected chi connectivity index (χ1v) is 5.99. The Balaban J connectivity index is 1.87. The highest BCUT2D eigenvalue weighted by Crippen LogP contribution is 2.19. The molecule has 3 nitrogen and oxygen atoms in total. The lowest BCUT2D eigenvalue weighted by atomic mass is 10.1. The zero-order valence-electron chi connectivity index (χ0n) is 8.57. The quantitative estimate of drug-likeness (QED) is 0.817. The van der Waals surface area contributed by atoms with E-state index in [-0.39, 0.29) is 0 Å². The van der Waals surface area contributed by atoms with E-state index in [2.05, 4.69) is 15.3 Å². The van der Waals surface area contributed by atoms with E-state index >= 15 is 0 Å². The highest BCUT2D eigenvalue weighted by atomic mass is 32.1. The molecule has 0 bridgehead atoms. The van der Waals surface area contributed by atoms with Crippen molar-refractivity contribution in [3.8, 4) is 0 Å². The zero-order valence-corrected chi connectivity index (χ0v) is 9.39. The number of nitrogens with zero attached hydrogens (tertiary/aromatic N) is 2. The molecule has 2 N–H and O–H groups in total. The van der Waals surface area contributed by atoms with Gasteiger partial charge >= 0.3 is 0 Å². The summed E-state index contributed by atoms with van der Waals surface area (Å²) in [7, 11) is 0. The predicted octanol–water partition coefficient (Wildman–Crippen LogP) is 1.23. The minimum Gasteiger partial charge on any atom is -0.330 e. The number of thiazole rings is 1. The molecule has 0 amide bonds. The van der Waals surface area contributed by atoms with E-state index < -0.39 is 0 Å². The monoisotopic (exact) mass is 211 g/mol. The lowest BCUT2D eigenvalue weighted by Crippen LogP contribution is -2.22. The first-order valence-electron chi connectivity index (χ1n) is 5.11. The molecule has 1 atom stereocenters. The third kappa shape index (κ3) is 2.32. The SMILES string of the molecule is Cc1csc(CN2CCC(CN)C2)n1. The Bertz CT molecular complexity index is 297. The van der Waals surface area contributed by atoms with Gasteiger partial charge in [-0.3, -0.25) is 4.90 Å². The molecule has 1 aromatic rings. The molecule has 4 heteroatoms. The second-order valence-corrected chi connectivity index (χ2v) is 4.95. The van der Waals surface area contributed by atoms with Crippen molar-refractivity contribution in [1.29, 1.82) is 0 Å². The van der Waals surface area contributed by atoms with E-state index in [9.17, 15) is 0 Å². The van der Waals surface area contributed by atoms with Crippen LogP contribution in [0.5, 0.6) is 0 Å². The average molecular weight is 211 g/mol. The van der Waals surface area contributed by atoms with Gasteiger partial charge in [-0.2, -0.15) is 0 Å². The average Bonchev–Trinajstić information content (AvgIpc) is 2.76. The molecular formula is C10H17N3S. The Hall–Kier alpha value is -0.450. The molecule has 1 aromatic heterocycles. The van der Waals surface area contributed by atoms with Crippen LogP contribution in [0.4, 0.5) is 0 Å². The largest absolute Gasteiger partial charge is 0.330 e. The highest BCUT2D eigenvalue weighted by Gasteiger charge is 2.21. The zero-order chi connectivity index (χ0) is 9.97. The van der Waals surface area contributed by atoms with Crippen molar-refractivity contribution < 1.29 is 0 Å². The summed E-state index contributed by atoms with van der Waals surface area (Å²) >= 11 is 1.76. The molecule has 1 fully saturated rings. The number of hydrogen-bond acceptors (Lipinski definition) is 4. The van der Waals surface area contributed by atoms with E-state index in [1.54, 1.807) is 11.3 Å². The first kappa shape index (κ1) is 10.1. The maximum atomic E-state index is 5.65. The van der Waals surface area contributed by atoms with Crippen molar-refractivity contribution in [3.05, 3.63) is 16.1 Å². The third-order valence-electron chi connectivity index (χ3n) is 2.73. The maximum absolute atomic E-state index is 5.65. The molecule has 78 valence electrons. The van der Waals surface area contributed by atoms with E-state index in [1.807, 2.05) is 6.92 Å². The van der Waals surface area contributed by atoms with Crippen molar-refractivity contribution in [2.45, 2.75) is 19.9 Å². The van der Waals surface area contributed by atoms with Gasteiger partial charge in [-0.25, -0.2) is 4.98 Å². The Kier molecular flexibility index (Phi) is 3.15. The predicted molar refractivity (Wildman–Crippen MR) is 59.3 cm³/mol. The van der Waals surface area contributed by atoms with Crippen molar-refractivity contribution in [3.63, 3.8) is 0 Å². The number of nitrogens with two attached hydrogens (primary N) is 1. The van der Waals surface area contributed by atoms with Gasteiger partial charge in [0.15, 0.2) is 0 Å². The van der Waals surface area contributed by atoms with Crippen molar-refractivity contribution in [2.24, 2.45) is 11.7 Å². The van der Waals surface area contributed by atoms with Gasteiger partial charge < -0.3 is 5.73 Å². The summed E-state index contributed by atoms with van der Waals surface area (Å²) in [6.07, 6.45) is 1.25. The summed E-state index contributed by atoms with van der Waals surface area (Å²) < 4.78 is 0. The third-order valence-corrected chi connectivity index (χ3v) is 3.68. The van der Waals surface area contributed by atoms with E-state index in [0.29, 0.717) is 5.92 Å². The molecule has 1 aliphatic heterocycles. The molecule has 0 aliphatic carbocycles. The van der Waals surface area contributed by atoms with Crippen LogP contribution in [0, 0.1) is 12.8 Å². The Morgan fingerprint density at radius 2 is 2.57 bits per heavy atom. The van der Waals surface area contributed by atoms with Crippen LogP contribution in [0.15, 0.2) is 5.38 Å². The number of aromatic nitrogens is 1. The van der Waals surface area contributed by atoms with Gasteiger partial charge in [0.2, 0.25) is 0 Å². The maximum Gasteiger partial charge on any atom is 0.107 e. The lowest BCUT2D eigenvalue weighted by Gasteiger charge is -2.13. The van der Waals surface area contributed by atoms with E-state index in [4.69, 9.17) is 5.73 Å². The molecule has 14 heavy (non-hydrogen) atoms. The van der Waals surface area contributed by atoms with Gasteiger partial charge in [0.05, 0.1) is 6.54 Å². The smallest absolute Gasteiger partial charge is 0.107 e. The normalized spacial score (nSPS) is 23.1. The number of hydrogen-bond donors (Lipinski definition) is 1. The van der Waals surface area contributed by atoms with Crippen LogP contribution in [0.3, 0.4) is 0 Å². The van der Waals surface area contributed by atoms with Gasteiger partial charge in [-0.15, -0.1) is 11.3 Å². The Labute approximate surface area is 88.9 Å². The fourth-order valence-corrected chi connectivity index (χ4v) is 2.73. The molecule has 1 saturated heterocycles. The summed E-state index contributed by atoms with van der Waals surface area (Å²) in [5, 5.41) is 3.35. The van der Waals surface area contributed by atoms with Gasteiger partial charge in [-0.1, -0.05) is 0 Å². The van der Waals surface area contributed by atoms with Gasteiger partial charge in [0, 0.05) is 17.6 Å². The van der Waals surface area contributed by atoms with Crippen LogP contribution in [-0.2, 0) is 6.54 Å². The molecule has 1 aliphatic rings. The molecule has 2 rings (SSSR count). The van der Waals surface area contributed by atoms with Crippen molar-refractivity contribution in [2.75, 3.05) is 19.6 Å². The fourth-order valence-electron chi connectivity index (χ4n) is 1.92. The van der Waals surface area contributed by atoms with E-state index in [0.717, 1.165) is 25.3 Å². The first-order chi connectivity index (χ1) is 6.78. The summed E-state index contributed by atoms with van der Waals surface area (Å²) in [6.45, 7) is 6.21. The molecule has 0 radical (unpaired) electrons. The minimum atomic E-state index is 0.705. The summed E-state index contributed by atoms with van der Waals surface area (Å²) in [6, 6.07) is 0. The minimum absolute atomic E-state index is 0.705. The van der Waals surface area contributed by atoms with Crippen LogP contribution in [0.25, 0.3) is 0 Å². The van der Waals surface area contributed by atoms with E-state index in [1.165, 1.54) is 18.0 Å². The lowest BCUT2D eigenvalue weighted by molar-refractivity contribution is 0.317. The summed E-state index contributed by atoms with van der Waals surface area (Å²) in [5.41, 5.74) is 6.79. The van der Waals surface area contributed by atoms with Crippen LogP contribution >= 0.6 is 11.3 Å². The number of aryl methyl sites for hydroxylation is 1. The standard InChI is InChI=1S/C10H17N3S/c1-8-7-14-10(12-8)6-13-3-2-9(4-11)5-13/h7,9H,2-6,11H2,1H3. The van der Waals surface area contributed by atoms with Gasteiger partial charge in [0.25, 0.3) is 0 Å². The van der Waals surface area contributed by atoms with Gasteiger partial charge in [0.1, 0.15) is 5.01 Å². The fraction of sp³-hybridized carbons (Fsp3) is 0.700. The molecule has 0 spiro atoms. The van der Waals surface area contributed by atoms with Crippen molar-refractivity contribution in [1.82, 2.24) is 9.88 Å². The molecule has 1 unspecified atom stereocenters. The highest BCUT2D eigenvalue weighted by molar-refractivity contribution is 7.09. The van der Waals surface area contributed by atoms with Crippen molar-refractivity contribution >= 4 is 11.3 Å². The van der Waals surface area contributed by atoms with Gasteiger partial charge in [-0.05, 0) is 32.4 Å². The summed E-state index contributed by atoms with van der Waals surface area (Å²) in [4.78, 5) is 6.92. The molecule has 2 heterocycles. The topological polar surface area (TPSA) is 42.1 Å². The van der Waals surface area contributed by atoms with Crippen LogP contribution in [-0.4, -0.2) is 29.5 Å². The summed E-state index contributed by atoms with van der Waals surface area (Å²) in [5.74, 6) is 0.705. The second kappa shape index (κ2) is 4.38. The second-order valence-electron chi connectivity index (χ2n) is 4.01. The molecular weight excluding hydrogens is 194 g/mol. The Morgan fingerprint density at radius 1 is 1.71 bits per heavy atom. The number of likely N-dealkylation sites (tertiary alicyclic amines) is 1. The van der Waals surface area contributed by atoms with Crippen LogP contribution in [0.1, 0.15) is 17.1 Å². The molecule has 0 saturated carbocycles.